The standard InChI is InChI=1S/C16H23NO5S/c1-2-6-17(11-13-5-7-20-12-13)23(18,19)14-3-4-15-16(10-14)22-9-8-21-15/h3-4,10,13H,2,5-9,11-12H2,1H3. The number of hydrogen-bond acceptors (Lipinski definition) is 5. The number of rotatable bonds is 6. The molecule has 0 amide bonds. The molecule has 2 heterocycles. The van der Waals surface area contributed by atoms with Gasteiger partial charge in [-0.25, -0.2) is 8.42 Å². The largest absolute Gasteiger partial charge is 0.486 e. The van der Waals surface area contributed by atoms with Crippen molar-refractivity contribution in [2.24, 2.45) is 5.92 Å². The first kappa shape index (κ1) is 16.5. The Bertz CT molecular complexity index is 640. The van der Waals surface area contributed by atoms with Crippen LogP contribution in [0.2, 0.25) is 0 Å². The Morgan fingerprint density at radius 2 is 1.96 bits per heavy atom. The number of hydrogen-bond donors (Lipinski definition) is 0. The molecule has 2 aliphatic heterocycles. The molecule has 1 saturated heterocycles. The SMILES string of the molecule is CCCN(CC1CCOC1)S(=O)(=O)c1ccc2c(c1)OCCO2. The van der Waals surface area contributed by atoms with Crippen molar-refractivity contribution in [3.05, 3.63) is 18.2 Å². The molecule has 128 valence electrons. The summed E-state index contributed by atoms with van der Waals surface area (Å²) in [6.45, 7) is 5.28. The molecule has 1 aromatic rings. The summed E-state index contributed by atoms with van der Waals surface area (Å²) in [6, 6.07) is 4.83. The van der Waals surface area contributed by atoms with E-state index < -0.39 is 10.0 Å². The Hall–Kier alpha value is -1.31. The molecule has 1 aromatic carbocycles. The first-order chi connectivity index (χ1) is 11.1. The van der Waals surface area contributed by atoms with E-state index in [0.717, 1.165) is 12.8 Å². The Morgan fingerprint density at radius 3 is 2.65 bits per heavy atom. The lowest BCUT2D eigenvalue weighted by Gasteiger charge is -2.25. The van der Waals surface area contributed by atoms with E-state index in [9.17, 15) is 8.42 Å². The Balaban J connectivity index is 1.84. The van der Waals surface area contributed by atoms with E-state index in [-0.39, 0.29) is 10.8 Å². The highest BCUT2D eigenvalue weighted by Gasteiger charge is 2.29. The van der Waals surface area contributed by atoms with Gasteiger partial charge in [0.25, 0.3) is 0 Å². The number of nitrogens with zero attached hydrogens (tertiary/aromatic N) is 1. The van der Waals surface area contributed by atoms with Crippen molar-refractivity contribution in [3.8, 4) is 11.5 Å². The van der Waals surface area contributed by atoms with E-state index in [1.165, 1.54) is 0 Å². The molecule has 0 spiro atoms. The third-order valence-electron chi connectivity index (χ3n) is 4.11. The van der Waals surface area contributed by atoms with Gasteiger partial charge in [-0.05, 0) is 30.9 Å². The van der Waals surface area contributed by atoms with Crippen molar-refractivity contribution in [2.45, 2.75) is 24.7 Å². The monoisotopic (exact) mass is 341 g/mol. The van der Waals surface area contributed by atoms with Crippen LogP contribution in [0.15, 0.2) is 23.1 Å². The second-order valence-corrected chi connectivity index (χ2v) is 7.84. The number of fused-ring (bicyclic) bond motifs is 1. The molecule has 0 saturated carbocycles. The minimum atomic E-state index is -3.54. The normalized spacial score (nSPS) is 20.9. The molecule has 0 N–H and O–H groups in total. The zero-order valence-electron chi connectivity index (χ0n) is 13.4. The molecular weight excluding hydrogens is 318 g/mol. The van der Waals surface area contributed by atoms with Gasteiger partial charge < -0.3 is 14.2 Å². The first-order valence-electron chi connectivity index (χ1n) is 8.09. The third-order valence-corrected chi connectivity index (χ3v) is 5.97. The molecule has 0 radical (unpaired) electrons. The van der Waals surface area contributed by atoms with Crippen LogP contribution in [0.4, 0.5) is 0 Å². The molecule has 0 aromatic heterocycles. The van der Waals surface area contributed by atoms with Gasteiger partial charge in [0.1, 0.15) is 13.2 Å². The molecule has 6 nitrogen and oxygen atoms in total. The molecule has 1 fully saturated rings. The van der Waals surface area contributed by atoms with Gasteiger partial charge in [-0.1, -0.05) is 6.92 Å². The van der Waals surface area contributed by atoms with Gasteiger partial charge >= 0.3 is 0 Å². The second-order valence-electron chi connectivity index (χ2n) is 5.90. The molecule has 1 unspecified atom stereocenters. The van der Waals surface area contributed by atoms with Crippen molar-refractivity contribution in [1.82, 2.24) is 4.31 Å². The van der Waals surface area contributed by atoms with Gasteiger partial charge in [0, 0.05) is 25.8 Å². The molecule has 0 aliphatic carbocycles. The average Bonchev–Trinajstić information content (AvgIpc) is 3.07. The van der Waals surface area contributed by atoms with E-state index in [2.05, 4.69) is 0 Å². The predicted octanol–water partition coefficient (Wildman–Crippen LogP) is 1.90. The first-order valence-corrected chi connectivity index (χ1v) is 9.53. The third kappa shape index (κ3) is 3.62. The Labute approximate surface area is 137 Å². The van der Waals surface area contributed by atoms with Gasteiger partial charge in [0.15, 0.2) is 11.5 Å². The fourth-order valence-electron chi connectivity index (χ4n) is 2.91. The van der Waals surface area contributed by atoms with Crippen LogP contribution in [0.25, 0.3) is 0 Å². The summed E-state index contributed by atoms with van der Waals surface area (Å²) >= 11 is 0. The zero-order valence-corrected chi connectivity index (χ0v) is 14.2. The van der Waals surface area contributed by atoms with Crippen LogP contribution >= 0.6 is 0 Å². The van der Waals surface area contributed by atoms with Crippen molar-refractivity contribution in [2.75, 3.05) is 39.5 Å². The fraction of sp³-hybridized carbons (Fsp3) is 0.625. The van der Waals surface area contributed by atoms with E-state index in [1.807, 2.05) is 6.92 Å². The smallest absolute Gasteiger partial charge is 0.243 e. The molecule has 0 bridgehead atoms. The second kappa shape index (κ2) is 7.07. The number of ether oxygens (including phenoxy) is 3. The molecule has 7 heteroatoms. The van der Waals surface area contributed by atoms with Crippen molar-refractivity contribution >= 4 is 10.0 Å². The summed E-state index contributed by atoms with van der Waals surface area (Å²) in [5, 5.41) is 0. The fourth-order valence-corrected chi connectivity index (χ4v) is 4.53. The van der Waals surface area contributed by atoms with Crippen LogP contribution < -0.4 is 9.47 Å². The average molecular weight is 341 g/mol. The Kier molecular flexibility index (Phi) is 5.08. The summed E-state index contributed by atoms with van der Waals surface area (Å²) in [5.41, 5.74) is 0. The summed E-state index contributed by atoms with van der Waals surface area (Å²) in [5.74, 6) is 1.37. The summed E-state index contributed by atoms with van der Waals surface area (Å²) in [4.78, 5) is 0.258. The van der Waals surface area contributed by atoms with Crippen molar-refractivity contribution < 1.29 is 22.6 Å². The van der Waals surface area contributed by atoms with Crippen LogP contribution in [-0.2, 0) is 14.8 Å². The molecule has 23 heavy (non-hydrogen) atoms. The van der Waals surface area contributed by atoms with Crippen LogP contribution in [0, 0.1) is 5.92 Å². The minimum Gasteiger partial charge on any atom is -0.486 e. The van der Waals surface area contributed by atoms with Crippen LogP contribution in [0.3, 0.4) is 0 Å². The maximum Gasteiger partial charge on any atom is 0.243 e. The zero-order chi connectivity index (χ0) is 16.3. The van der Waals surface area contributed by atoms with Crippen LogP contribution in [0.5, 0.6) is 11.5 Å². The number of sulfonamides is 1. The highest BCUT2D eigenvalue weighted by Crippen LogP contribution is 2.33. The maximum absolute atomic E-state index is 13.0. The summed E-state index contributed by atoms with van der Waals surface area (Å²) < 4.78 is 43.9. The topological polar surface area (TPSA) is 65.1 Å². The predicted molar refractivity (Wildman–Crippen MR) is 85.4 cm³/mol. The number of benzene rings is 1. The highest BCUT2D eigenvalue weighted by atomic mass is 32.2. The summed E-state index contributed by atoms with van der Waals surface area (Å²) in [6.07, 6.45) is 1.69. The van der Waals surface area contributed by atoms with Gasteiger partial charge in [-0.15, -0.1) is 0 Å². The molecular formula is C16H23NO5S. The van der Waals surface area contributed by atoms with Gasteiger partial charge in [-0.2, -0.15) is 4.31 Å². The molecule has 2 aliphatic rings. The highest BCUT2D eigenvalue weighted by molar-refractivity contribution is 7.89. The van der Waals surface area contributed by atoms with E-state index >= 15 is 0 Å². The Morgan fingerprint density at radius 1 is 1.17 bits per heavy atom. The van der Waals surface area contributed by atoms with Crippen LogP contribution in [-0.4, -0.2) is 52.2 Å². The van der Waals surface area contributed by atoms with E-state index in [0.29, 0.717) is 51.0 Å². The maximum atomic E-state index is 13.0. The lowest BCUT2D eigenvalue weighted by Crippen LogP contribution is -2.36. The molecule has 3 rings (SSSR count). The van der Waals surface area contributed by atoms with Crippen LogP contribution in [0.1, 0.15) is 19.8 Å². The van der Waals surface area contributed by atoms with Crippen molar-refractivity contribution in [3.63, 3.8) is 0 Å². The quantitative estimate of drug-likeness (QED) is 0.791. The van der Waals surface area contributed by atoms with Gasteiger partial charge in [-0.3, -0.25) is 0 Å². The lowest BCUT2D eigenvalue weighted by molar-refractivity contribution is 0.171. The van der Waals surface area contributed by atoms with Crippen molar-refractivity contribution in [1.29, 1.82) is 0 Å². The minimum absolute atomic E-state index is 0.258. The molecule has 1 atom stereocenters. The van der Waals surface area contributed by atoms with Gasteiger partial charge in [0.2, 0.25) is 10.0 Å². The summed E-state index contributed by atoms with van der Waals surface area (Å²) in [7, 11) is -3.54. The van der Waals surface area contributed by atoms with E-state index in [1.54, 1.807) is 22.5 Å². The van der Waals surface area contributed by atoms with Gasteiger partial charge in [0.05, 0.1) is 11.5 Å². The van der Waals surface area contributed by atoms with E-state index in [4.69, 9.17) is 14.2 Å². The lowest BCUT2D eigenvalue weighted by atomic mass is 10.1.